The molecule has 0 saturated carbocycles. The molecule has 1 fully saturated rings. The van der Waals surface area contributed by atoms with Crippen molar-refractivity contribution >= 4 is 0 Å². The Hall–Kier alpha value is -1.65. The molecule has 0 bridgehead atoms. The number of nitrogens with one attached hydrogen (secondary N) is 2. The summed E-state index contributed by atoms with van der Waals surface area (Å²) in [5.74, 6) is 0. The zero-order valence-corrected chi connectivity index (χ0v) is 15.1. The van der Waals surface area contributed by atoms with Crippen LogP contribution in [0.2, 0.25) is 0 Å². The first kappa shape index (κ1) is 17.2. The third-order valence-corrected chi connectivity index (χ3v) is 5.08. The Bertz CT molecular complexity index is 636. The van der Waals surface area contributed by atoms with Gasteiger partial charge in [-0.25, -0.2) is 0 Å². The van der Waals surface area contributed by atoms with Crippen LogP contribution in [0, 0.1) is 0 Å². The van der Waals surface area contributed by atoms with E-state index in [1.165, 1.54) is 16.8 Å². The van der Waals surface area contributed by atoms with Crippen molar-refractivity contribution < 1.29 is 4.74 Å². The molecule has 1 aromatic carbocycles. The lowest BCUT2D eigenvalue weighted by Gasteiger charge is -2.38. The fourth-order valence-electron chi connectivity index (χ4n) is 3.65. The first-order valence-electron chi connectivity index (χ1n) is 8.88. The van der Waals surface area contributed by atoms with Gasteiger partial charge in [0.05, 0.1) is 6.20 Å². The largest absolute Gasteiger partial charge is 0.381 e. The normalized spacial score (nSPS) is 17.8. The van der Waals surface area contributed by atoms with Gasteiger partial charge in [-0.3, -0.25) is 5.10 Å². The molecule has 1 aromatic heterocycles. The summed E-state index contributed by atoms with van der Waals surface area (Å²) in [7, 11) is 0. The Morgan fingerprint density at radius 1 is 1.17 bits per heavy atom. The van der Waals surface area contributed by atoms with E-state index < -0.39 is 0 Å². The summed E-state index contributed by atoms with van der Waals surface area (Å²) >= 11 is 0. The third kappa shape index (κ3) is 3.70. The highest BCUT2D eigenvalue weighted by molar-refractivity contribution is 5.27. The molecule has 0 unspecified atom stereocenters. The second-order valence-electron chi connectivity index (χ2n) is 7.88. The quantitative estimate of drug-likeness (QED) is 0.883. The second-order valence-corrected chi connectivity index (χ2v) is 7.88. The van der Waals surface area contributed by atoms with Crippen molar-refractivity contribution in [3.8, 4) is 0 Å². The number of benzene rings is 1. The van der Waals surface area contributed by atoms with Crippen LogP contribution in [-0.4, -0.2) is 30.0 Å². The summed E-state index contributed by atoms with van der Waals surface area (Å²) in [5, 5.41) is 11.1. The molecule has 3 rings (SSSR count). The van der Waals surface area contributed by atoms with Gasteiger partial charge in [0.25, 0.3) is 0 Å². The van der Waals surface area contributed by atoms with Crippen LogP contribution in [-0.2, 0) is 22.1 Å². The van der Waals surface area contributed by atoms with Gasteiger partial charge in [0.15, 0.2) is 0 Å². The molecule has 1 saturated heterocycles. The third-order valence-electron chi connectivity index (χ3n) is 5.08. The topological polar surface area (TPSA) is 49.9 Å². The van der Waals surface area contributed by atoms with Gasteiger partial charge in [-0.1, -0.05) is 51.1 Å². The Labute approximate surface area is 145 Å². The molecule has 2 heterocycles. The maximum atomic E-state index is 5.62. The van der Waals surface area contributed by atoms with Crippen molar-refractivity contribution in [3.63, 3.8) is 0 Å². The maximum Gasteiger partial charge on any atom is 0.0535 e. The van der Waals surface area contributed by atoms with E-state index in [2.05, 4.69) is 66.6 Å². The van der Waals surface area contributed by atoms with E-state index in [1.54, 1.807) is 0 Å². The molecular weight excluding hydrogens is 298 g/mol. The Kier molecular flexibility index (Phi) is 5.07. The molecular formula is C20H29N3O. The van der Waals surface area contributed by atoms with E-state index in [1.807, 2.05) is 6.20 Å². The highest BCUT2D eigenvalue weighted by Gasteiger charge is 2.34. The van der Waals surface area contributed by atoms with Gasteiger partial charge in [0.2, 0.25) is 0 Å². The van der Waals surface area contributed by atoms with Crippen molar-refractivity contribution in [2.75, 3.05) is 19.8 Å². The van der Waals surface area contributed by atoms with Gasteiger partial charge in [0, 0.05) is 48.4 Å². The van der Waals surface area contributed by atoms with Crippen molar-refractivity contribution in [1.82, 2.24) is 15.5 Å². The Balaban J connectivity index is 1.70. The van der Waals surface area contributed by atoms with E-state index >= 15 is 0 Å². The standard InChI is InChI=1S/C20H29N3O/c1-19(2,3)18-16(14-22-23-18)13-21-15-20(9-11-24-12-10-20)17-7-5-4-6-8-17/h4-8,14,21H,9-13,15H2,1-3H3,(H,22,23). The van der Waals surface area contributed by atoms with Gasteiger partial charge in [-0.05, 0) is 18.4 Å². The van der Waals surface area contributed by atoms with Crippen LogP contribution in [0.1, 0.15) is 50.4 Å². The molecule has 1 aliphatic rings. The lowest BCUT2D eigenvalue weighted by molar-refractivity contribution is 0.0498. The molecule has 0 aliphatic carbocycles. The van der Waals surface area contributed by atoms with Crippen LogP contribution in [0.3, 0.4) is 0 Å². The first-order chi connectivity index (χ1) is 11.5. The lowest BCUT2D eigenvalue weighted by atomic mass is 9.74. The predicted octanol–water partition coefficient (Wildman–Crippen LogP) is 3.55. The minimum absolute atomic E-state index is 0.0866. The molecule has 0 atom stereocenters. The molecule has 2 N–H and O–H groups in total. The molecule has 130 valence electrons. The summed E-state index contributed by atoms with van der Waals surface area (Å²) < 4.78 is 5.62. The average molecular weight is 327 g/mol. The smallest absolute Gasteiger partial charge is 0.0535 e. The van der Waals surface area contributed by atoms with E-state index in [0.717, 1.165) is 39.1 Å². The monoisotopic (exact) mass is 327 g/mol. The highest BCUT2D eigenvalue weighted by atomic mass is 16.5. The number of ether oxygens (including phenoxy) is 1. The van der Waals surface area contributed by atoms with Crippen LogP contribution in [0.25, 0.3) is 0 Å². The fourth-order valence-corrected chi connectivity index (χ4v) is 3.65. The van der Waals surface area contributed by atoms with E-state index in [9.17, 15) is 0 Å². The van der Waals surface area contributed by atoms with Crippen molar-refractivity contribution in [2.45, 2.75) is 51.0 Å². The van der Waals surface area contributed by atoms with Gasteiger partial charge in [-0.2, -0.15) is 5.10 Å². The molecule has 0 spiro atoms. The van der Waals surface area contributed by atoms with E-state index in [4.69, 9.17) is 4.74 Å². The molecule has 4 heteroatoms. The van der Waals surface area contributed by atoms with Gasteiger partial charge in [0.1, 0.15) is 0 Å². The minimum Gasteiger partial charge on any atom is -0.381 e. The molecule has 4 nitrogen and oxygen atoms in total. The van der Waals surface area contributed by atoms with Gasteiger partial charge >= 0.3 is 0 Å². The van der Waals surface area contributed by atoms with Crippen molar-refractivity contribution in [3.05, 3.63) is 53.3 Å². The number of rotatable bonds is 5. The molecule has 0 amide bonds. The van der Waals surface area contributed by atoms with Crippen molar-refractivity contribution in [1.29, 1.82) is 0 Å². The number of nitrogens with zero attached hydrogens (tertiary/aromatic N) is 1. The Morgan fingerprint density at radius 2 is 1.88 bits per heavy atom. The fraction of sp³-hybridized carbons (Fsp3) is 0.550. The van der Waals surface area contributed by atoms with Crippen LogP contribution < -0.4 is 5.32 Å². The SMILES string of the molecule is CC(C)(C)c1[nH]ncc1CNCC1(c2ccccc2)CCOCC1. The van der Waals surface area contributed by atoms with Crippen LogP contribution >= 0.6 is 0 Å². The Morgan fingerprint density at radius 3 is 2.54 bits per heavy atom. The molecule has 1 aliphatic heterocycles. The highest BCUT2D eigenvalue weighted by Crippen LogP contribution is 2.34. The number of aromatic nitrogens is 2. The van der Waals surface area contributed by atoms with Crippen LogP contribution in [0.4, 0.5) is 0 Å². The van der Waals surface area contributed by atoms with E-state index in [-0.39, 0.29) is 10.8 Å². The van der Waals surface area contributed by atoms with Gasteiger partial charge < -0.3 is 10.1 Å². The zero-order valence-electron chi connectivity index (χ0n) is 15.1. The number of hydrogen-bond donors (Lipinski definition) is 2. The van der Waals surface area contributed by atoms with Crippen LogP contribution in [0.5, 0.6) is 0 Å². The van der Waals surface area contributed by atoms with Crippen molar-refractivity contribution in [2.24, 2.45) is 0 Å². The summed E-state index contributed by atoms with van der Waals surface area (Å²) in [6.07, 6.45) is 4.09. The van der Waals surface area contributed by atoms with E-state index in [0.29, 0.717) is 0 Å². The summed E-state index contributed by atoms with van der Waals surface area (Å²) in [6, 6.07) is 10.9. The maximum absolute atomic E-state index is 5.62. The summed E-state index contributed by atoms with van der Waals surface area (Å²) in [5.41, 5.74) is 4.16. The van der Waals surface area contributed by atoms with Crippen LogP contribution in [0.15, 0.2) is 36.5 Å². The number of aromatic amines is 1. The molecule has 0 radical (unpaired) electrons. The summed E-state index contributed by atoms with van der Waals surface area (Å²) in [6.45, 7) is 10.1. The second kappa shape index (κ2) is 7.08. The summed E-state index contributed by atoms with van der Waals surface area (Å²) in [4.78, 5) is 0. The predicted molar refractivity (Wildman–Crippen MR) is 97.2 cm³/mol. The molecule has 2 aromatic rings. The lowest BCUT2D eigenvalue weighted by Crippen LogP contribution is -2.42. The zero-order chi connectivity index (χ0) is 17.0. The number of hydrogen-bond acceptors (Lipinski definition) is 3. The first-order valence-corrected chi connectivity index (χ1v) is 8.88. The van der Waals surface area contributed by atoms with Gasteiger partial charge in [-0.15, -0.1) is 0 Å². The number of H-pyrrole nitrogens is 1. The minimum atomic E-state index is 0.0866. The average Bonchev–Trinajstić information content (AvgIpc) is 3.05. The molecule has 24 heavy (non-hydrogen) atoms.